The molecule has 3 rings (SSSR count). The third-order valence-electron chi connectivity index (χ3n) is 3.99. The molecular weight excluding hydrogens is 389 g/mol. The van der Waals surface area contributed by atoms with Gasteiger partial charge < -0.3 is 10.2 Å². The van der Waals surface area contributed by atoms with Gasteiger partial charge in [0, 0.05) is 24.8 Å². The van der Waals surface area contributed by atoms with Crippen LogP contribution >= 0.6 is 23.2 Å². The molecule has 0 bridgehead atoms. The van der Waals surface area contributed by atoms with Crippen molar-refractivity contribution in [3.8, 4) is 0 Å². The van der Waals surface area contributed by atoms with Crippen LogP contribution in [0.25, 0.3) is 11.0 Å². The number of likely N-dealkylation sites (N-methyl/N-ethyl adjacent to an activating group) is 1. The standard InChI is InChI=1S/C18H17Cl2N5O2/c1-3-25-16-7-4-11(8-15(16)22-23-25)18(27)24(2)10-17(26)21-12-5-6-13(19)14(20)9-12/h4-9H,3,10H2,1-2H3,(H,21,26). The van der Waals surface area contributed by atoms with Crippen LogP contribution in [0.2, 0.25) is 10.0 Å². The number of rotatable bonds is 5. The summed E-state index contributed by atoms with van der Waals surface area (Å²) >= 11 is 11.8. The van der Waals surface area contributed by atoms with Gasteiger partial charge in [-0.25, -0.2) is 4.68 Å². The fourth-order valence-corrected chi connectivity index (χ4v) is 2.92. The van der Waals surface area contributed by atoms with Gasteiger partial charge in [0.15, 0.2) is 0 Å². The van der Waals surface area contributed by atoms with E-state index in [-0.39, 0.29) is 18.4 Å². The Morgan fingerprint density at radius 1 is 1.15 bits per heavy atom. The van der Waals surface area contributed by atoms with Crippen LogP contribution in [-0.2, 0) is 11.3 Å². The van der Waals surface area contributed by atoms with E-state index in [1.54, 1.807) is 48.1 Å². The zero-order valence-corrected chi connectivity index (χ0v) is 16.3. The number of halogens is 2. The second-order valence-corrected chi connectivity index (χ2v) is 6.76. The normalized spacial score (nSPS) is 10.8. The van der Waals surface area contributed by atoms with Gasteiger partial charge in [0.25, 0.3) is 5.91 Å². The van der Waals surface area contributed by atoms with Crippen molar-refractivity contribution in [2.75, 3.05) is 18.9 Å². The van der Waals surface area contributed by atoms with Crippen molar-refractivity contribution in [1.82, 2.24) is 19.9 Å². The lowest BCUT2D eigenvalue weighted by molar-refractivity contribution is -0.116. The second-order valence-electron chi connectivity index (χ2n) is 5.95. The summed E-state index contributed by atoms with van der Waals surface area (Å²) in [4.78, 5) is 26.1. The molecule has 0 atom stereocenters. The summed E-state index contributed by atoms with van der Waals surface area (Å²) in [5.74, 6) is -0.630. The highest BCUT2D eigenvalue weighted by molar-refractivity contribution is 6.42. The molecule has 2 aromatic carbocycles. The Kier molecular flexibility index (Phi) is 5.62. The van der Waals surface area contributed by atoms with E-state index in [2.05, 4.69) is 15.6 Å². The smallest absolute Gasteiger partial charge is 0.254 e. The number of carbonyl (C=O) groups excluding carboxylic acids is 2. The van der Waals surface area contributed by atoms with Crippen molar-refractivity contribution >= 4 is 51.7 Å². The lowest BCUT2D eigenvalue weighted by atomic mass is 10.1. The maximum atomic E-state index is 12.6. The van der Waals surface area contributed by atoms with E-state index >= 15 is 0 Å². The molecule has 0 fully saturated rings. The second kappa shape index (κ2) is 7.94. The van der Waals surface area contributed by atoms with Gasteiger partial charge >= 0.3 is 0 Å². The number of hydrogen-bond acceptors (Lipinski definition) is 4. The van der Waals surface area contributed by atoms with Crippen molar-refractivity contribution in [1.29, 1.82) is 0 Å². The number of fused-ring (bicyclic) bond motifs is 1. The first kappa shape index (κ1) is 19.1. The molecule has 0 radical (unpaired) electrons. The van der Waals surface area contributed by atoms with Crippen LogP contribution in [-0.4, -0.2) is 45.3 Å². The van der Waals surface area contributed by atoms with E-state index in [0.717, 1.165) is 5.52 Å². The molecule has 0 aliphatic carbocycles. The van der Waals surface area contributed by atoms with Gasteiger partial charge in [0.05, 0.1) is 22.1 Å². The Bertz CT molecular complexity index is 1020. The van der Waals surface area contributed by atoms with Crippen molar-refractivity contribution in [3.63, 3.8) is 0 Å². The highest BCUT2D eigenvalue weighted by Crippen LogP contribution is 2.25. The molecule has 0 aliphatic rings. The fourth-order valence-electron chi connectivity index (χ4n) is 2.62. The maximum absolute atomic E-state index is 12.6. The quantitative estimate of drug-likeness (QED) is 0.704. The minimum atomic E-state index is -0.345. The number of aryl methyl sites for hydroxylation is 1. The number of carbonyl (C=O) groups is 2. The molecule has 1 heterocycles. The SMILES string of the molecule is CCn1nnc2cc(C(=O)N(C)CC(=O)Nc3ccc(Cl)c(Cl)c3)ccc21. The summed E-state index contributed by atoms with van der Waals surface area (Å²) in [6.45, 7) is 2.55. The zero-order chi connectivity index (χ0) is 19.6. The summed E-state index contributed by atoms with van der Waals surface area (Å²) in [6.07, 6.45) is 0. The third kappa shape index (κ3) is 4.20. The maximum Gasteiger partial charge on any atom is 0.254 e. The van der Waals surface area contributed by atoms with Crippen molar-refractivity contribution < 1.29 is 9.59 Å². The molecule has 0 saturated carbocycles. The number of nitrogens with one attached hydrogen (secondary N) is 1. The summed E-state index contributed by atoms with van der Waals surface area (Å²) in [7, 11) is 1.56. The predicted molar refractivity (Wildman–Crippen MR) is 105 cm³/mol. The Morgan fingerprint density at radius 3 is 2.63 bits per heavy atom. The third-order valence-corrected chi connectivity index (χ3v) is 4.73. The molecule has 27 heavy (non-hydrogen) atoms. The zero-order valence-electron chi connectivity index (χ0n) is 14.7. The largest absolute Gasteiger partial charge is 0.332 e. The van der Waals surface area contributed by atoms with E-state index in [1.807, 2.05) is 6.92 Å². The Hall–Kier alpha value is -2.64. The Balaban J connectivity index is 1.67. The summed E-state index contributed by atoms with van der Waals surface area (Å²) < 4.78 is 1.75. The predicted octanol–water partition coefficient (Wildman–Crippen LogP) is 3.47. The van der Waals surface area contributed by atoms with E-state index < -0.39 is 0 Å². The van der Waals surface area contributed by atoms with Crippen molar-refractivity contribution in [2.24, 2.45) is 0 Å². The van der Waals surface area contributed by atoms with Gasteiger partial charge in [0.2, 0.25) is 5.91 Å². The van der Waals surface area contributed by atoms with Crippen LogP contribution < -0.4 is 5.32 Å². The average molecular weight is 406 g/mol. The number of benzene rings is 2. The van der Waals surface area contributed by atoms with Gasteiger partial charge in [-0.2, -0.15) is 0 Å². The Labute approximate surface area is 165 Å². The van der Waals surface area contributed by atoms with Gasteiger partial charge in [0.1, 0.15) is 5.52 Å². The van der Waals surface area contributed by atoms with E-state index in [0.29, 0.717) is 33.4 Å². The van der Waals surface area contributed by atoms with Gasteiger partial charge in [-0.1, -0.05) is 28.4 Å². The first-order chi connectivity index (χ1) is 12.9. The molecule has 0 aliphatic heterocycles. The minimum Gasteiger partial charge on any atom is -0.332 e. The van der Waals surface area contributed by atoms with Crippen molar-refractivity contribution in [2.45, 2.75) is 13.5 Å². The molecule has 9 heteroatoms. The number of hydrogen-bond donors (Lipinski definition) is 1. The van der Waals surface area contributed by atoms with E-state index in [1.165, 1.54) is 4.90 Å². The number of nitrogens with zero attached hydrogens (tertiary/aromatic N) is 4. The first-order valence-corrected chi connectivity index (χ1v) is 8.98. The molecule has 0 spiro atoms. The van der Waals surface area contributed by atoms with Gasteiger partial charge in [-0.3, -0.25) is 9.59 Å². The number of amides is 2. The fraction of sp³-hybridized carbons (Fsp3) is 0.222. The number of aromatic nitrogens is 3. The molecule has 0 saturated heterocycles. The molecule has 2 amide bonds. The molecule has 140 valence electrons. The van der Waals surface area contributed by atoms with Crippen LogP contribution in [0.4, 0.5) is 5.69 Å². The average Bonchev–Trinajstić information content (AvgIpc) is 3.06. The highest BCUT2D eigenvalue weighted by atomic mass is 35.5. The summed E-state index contributed by atoms with van der Waals surface area (Å²) in [5.41, 5.74) is 2.44. The molecule has 1 N–H and O–H groups in total. The molecule has 7 nitrogen and oxygen atoms in total. The first-order valence-electron chi connectivity index (χ1n) is 8.22. The lowest BCUT2D eigenvalue weighted by Gasteiger charge is -2.17. The molecule has 3 aromatic rings. The topological polar surface area (TPSA) is 80.1 Å². The van der Waals surface area contributed by atoms with Crippen LogP contribution in [0.5, 0.6) is 0 Å². The molecule has 1 aromatic heterocycles. The van der Waals surface area contributed by atoms with Crippen molar-refractivity contribution in [3.05, 3.63) is 52.0 Å². The highest BCUT2D eigenvalue weighted by Gasteiger charge is 2.17. The monoisotopic (exact) mass is 405 g/mol. The van der Waals surface area contributed by atoms with Crippen LogP contribution in [0.15, 0.2) is 36.4 Å². The van der Waals surface area contributed by atoms with E-state index in [4.69, 9.17) is 23.2 Å². The molecule has 0 unspecified atom stereocenters. The molecular formula is C18H17Cl2N5O2. The van der Waals surface area contributed by atoms with Gasteiger partial charge in [-0.15, -0.1) is 5.10 Å². The summed E-state index contributed by atoms with van der Waals surface area (Å²) in [5, 5.41) is 11.5. The van der Waals surface area contributed by atoms with Crippen LogP contribution in [0.3, 0.4) is 0 Å². The number of anilines is 1. The van der Waals surface area contributed by atoms with Crippen LogP contribution in [0.1, 0.15) is 17.3 Å². The summed E-state index contributed by atoms with van der Waals surface area (Å²) in [6, 6.07) is 9.95. The van der Waals surface area contributed by atoms with Crippen LogP contribution in [0, 0.1) is 0 Å². The Morgan fingerprint density at radius 2 is 1.93 bits per heavy atom. The lowest BCUT2D eigenvalue weighted by Crippen LogP contribution is -2.34. The minimum absolute atomic E-state index is 0.112. The van der Waals surface area contributed by atoms with Gasteiger partial charge in [-0.05, 0) is 43.3 Å². The van der Waals surface area contributed by atoms with E-state index in [9.17, 15) is 9.59 Å².